The third kappa shape index (κ3) is 3.87. The summed E-state index contributed by atoms with van der Waals surface area (Å²) < 4.78 is 12.1. The van der Waals surface area contributed by atoms with Gasteiger partial charge in [-0.05, 0) is 36.0 Å². The molecule has 1 heterocycles. The number of carboxylic acids is 1. The van der Waals surface area contributed by atoms with Crippen LogP contribution in [-0.4, -0.2) is 29.2 Å². The molecule has 1 aromatic carbocycles. The lowest BCUT2D eigenvalue weighted by molar-refractivity contribution is -0.120. The minimum atomic E-state index is -1.07. The molecule has 0 radical (unpaired) electrons. The molecule has 6 heteroatoms. The quantitative estimate of drug-likeness (QED) is 0.696. The second kappa shape index (κ2) is 7.61. The Balaban J connectivity index is 1.99. The number of aromatic carboxylic acids is 1. The van der Waals surface area contributed by atoms with Crippen molar-refractivity contribution in [3.05, 3.63) is 52.0 Å². The second-order valence-corrected chi connectivity index (χ2v) is 10.6. The van der Waals surface area contributed by atoms with Gasteiger partial charge in [0.05, 0.1) is 18.1 Å². The van der Waals surface area contributed by atoms with Crippen molar-refractivity contribution in [1.82, 2.24) is 0 Å². The Kier molecular flexibility index (Phi) is 5.30. The molecule has 0 fully saturated rings. The molecule has 4 rings (SSSR count). The Hall–Kier alpha value is -2.89. The Morgan fingerprint density at radius 3 is 2.00 bits per heavy atom. The zero-order valence-corrected chi connectivity index (χ0v) is 19.3. The third-order valence-corrected chi connectivity index (χ3v) is 6.45. The van der Waals surface area contributed by atoms with Gasteiger partial charge >= 0.3 is 5.97 Å². The molecule has 1 aliphatic heterocycles. The summed E-state index contributed by atoms with van der Waals surface area (Å²) in [7, 11) is 0. The van der Waals surface area contributed by atoms with Crippen LogP contribution in [0.4, 0.5) is 0 Å². The largest absolute Gasteiger partial charge is 0.494 e. The predicted molar refractivity (Wildman–Crippen MR) is 118 cm³/mol. The minimum absolute atomic E-state index is 0.0615. The molecule has 32 heavy (non-hydrogen) atoms. The number of Topliss-reactive ketones (excluding diaryl/α,β-unsaturated/α-hetero) is 2. The molecule has 0 aromatic heterocycles. The zero-order chi connectivity index (χ0) is 23.4. The molecule has 3 aliphatic rings. The van der Waals surface area contributed by atoms with Crippen molar-refractivity contribution >= 4 is 17.5 Å². The zero-order valence-electron chi connectivity index (χ0n) is 19.3. The number of hydrogen-bond acceptors (Lipinski definition) is 5. The van der Waals surface area contributed by atoms with Gasteiger partial charge in [-0.2, -0.15) is 0 Å². The molecular weight excluding hydrogens is 408 g/mol. The van der Waals surface area contributed by atoms with Crippen molar-refractivity contribution in [3.63, 3.8) is 0 Å². The fourth-order valence-corrected chi connectivity index (χ4v) is 5.18. The standard InChI is InChI=1S/C26H30O6/c1-6-31-18-8-7-14(24(29)30)9-15(18)21-22-16(27)10-25(2,3)12-19(22)32-20-13-26(4,5)11-17(28)23(20)21/h7-9,21H,6,10-13H2,1-5H3,(H,29,30). The average molecular weight is 439 g/mol. The minimum Gasteiger partial charge on any atom is -0.494 e. The molecule has 0 saturated carbocycles. The van der Waals surface area contributed by atoms with Gasteiger partial charge in [0.2, 0.25) is 0 Å². The Labute approximate surface area is 188 Å². The monoisotopic (exact) mass is 438 g/mol. The normalized spacial score (nSPS) is 22.3. The Morgan fingerprint density at radius 1 is 1.00 bits per heavy atom. The second-order valence-electron chi connectivity index (χ2n) is 10.6. The lowest BCUT2D eigenvalue weighted by Gasteiger charge is -2.43. The van der Waals surface area contributed by atoms with Crippen molar-refractivity contribution in [3.8, 4) is 5.75 Å². The molecule has 2 aliphatic carbocycles. The van der Waals surface area contributed by atoms with Gasteiger partial charge in [-0.25, -0.2) is 4.79 Å². The first kappa shape index (κ1) is 22.3. The van der Waals surface area contributed by atoms with E-state index in [0.717, 1.165) is 0 Å². The van der Waals surface area contributed by atoms with Gasteiger partial charge in [0, 0.05) is 42.4 Å². The van der Waals surface area contributed by atoms with Crippen molar-refractivity contribution in [2.45, 2.75) is 66.2 Å². The van der Waals surface area contributed by atoms with Crippen molar-refractivity contribution in [1.29, 1.82) is 0 Å². The molecule has 0 saturated heterocycles. The predicted octanol–water partition coefficient (Wildman–Crippen LogP) is 5.18. The van der Waals surface area contributed by atoms with E-state index in [1.54, 1.807) is 12.1 Å². The molecule has 0 atom stereocenters. The number of carbonyl (C=O) groups excluding carboxylic acids is 2. The fraction of sp³-hybridized carbons (Fsp3) is 0.500. The van der Waals surface area contributed by atoms with E-state index in [-0.39, 0.29) is 28.0 Å². The smallest absolute Gasteiger partial charge is 0.335 e. The van der Waals surface area contributed by atoms with E-state index in [1.165, 1.54) is 6.07 Å². The summed E-state index contributed by atoms with van der Waals surface area (Å²) in [6.45, 7) is 10.3. The van der Waals surface area contributed by atoms with E-state index in [0.29, 0.717) is 66.3 Å². The van der Waals surface area contributed by atoms with Crippen LogP contribution in [0.1, 0.15) is 82.1 Å². The average Bonchev–Trinajstić information content (AvgIpc) is 2.64. The summed E-state index contributed by atoms with van der Waals surface area (Å²) in [5.74, 6) is -0.188. The summed E-state index contributed by atoms with van der Waals surface area (Å²) in [5.41, 5.74) is 1.07. The van der Waals surface area contributed by atoms with E-state index in [2.05, 4.69) is 0 Å². The number of carboxylic acid groups (broad SMARTS) is 1. The van der Waals surface area contributed by atoms with Gasteiger partial charge < -0.3 is 14.6 Å². The molecular formula is C26H30O6. The van der Waals surface area contributed by atoms with Crippen LogP contribution in [0.2, 0.25) is 0 Å². The van der Waals surface area contributed by atoms with Crippen LogP contribution in [0.15, 0.2) is 40.9 Å². The number of ether oxygens (including phenoxy) is 2. The first-order valence-electron chi connectivity index (χ1n) is 11.1. The van der Waals surface area contributed by atoms with Crippen LogP contribution in [0.5, 0.6) is 5.75 Å². The van der Waals surface area contributed by atoms with E-state index in [4.69, 9.17) is 9.47 Å². The SMILES string of the molecule is CCOc1ccc(C(=O)O)cc1C1C2=C(CC(C)(C)CC2=O)OC2=C1C(=O)CC(C)(C)C2. The molecule has 0 spiro atoms. The molecule has 1 aromatic rings. The van der Waals surface area contributed by atoms with E-state index >= 15 is 0 Å². The van der Waals surface area contributed by atoms with E-state index < -0.39 is 11.9 Å². The van der Waals surface area contributed by atoms with Crippen LogP contribution in [0, 0.1) is 10.8 Å². The Bertz CT molecular complexity index is 1030. The summed E-state index contributed by atoms with van der Waals surface area (Å²) in [5, 5.41) is 9.61. The maximum Gasteiger partial charge on any atom is 0.335 e. The van der Waals surface area contributed by atoms with Gasteiger partial charge in [-0.15, -0.1) is 0 Å². The molecule has 0 unspecified atom stereocenters. The topological polar surface area (TPSA) is 89.9 Å². The first-order chi connectivity index (χ1) is 14.9. The van der Waals surface area contributed by atoms with E-state index in [1.807, 2.05) is 34.6 Å². The van der Waals surface area contributed by atoms with Crippen molar-refractivity contribution in [2.24, 2.45) is 10.8 Å². The number of hydrogen-bond donors (Lipinski definition) is 1. The third-order valence-electron chi connectivity index (χ3n) is 6.45. The highest BCUT2D eigenvalue weighted by molar-refractivity contribution is 6.06. The highest BCUT2D eigenvalue weighted by Crippen LogP contribution is 2.54. The highest BCUT2D eigenvalue weighted by Gasteiger charge is 2.48. The van der Waals surface area contributed by atoms with Gasteiger partial charge in [-0.3, -0.25) is 9.59 Å². The number of rotatable bonds is 4. The molecule has 6 nitrogen and oxygen atoms in total. The summed E-state index contributed by atoms with van der Waals surface area (Å²) in [6.07, 6.45) is 1.85. The maximum atomic E-state index is 13.4. The number of benzene rings is 1. The van der Waals surface area contributed by atoms with Crippen LogP contribution in [0.25, 0.3) is 0 Å². The fourth-order valence-electron chi connectivity index (χ4n) is 5.18. The first-order valence-corrected chi connectivity index (χ1v) is 11.1. The lowest BCUT2D eigenvalue weighted by atomic mass is 9.65. The van der Waals surface area contributed by atoms with Gasteiger partial charge in [0.1, 0.15) is 17.3 Å². The van der Waals surface area contributed by atoms with Crippen LogP contribution in [0.3, 0.4) is 0 Å². The van der Waals surface area contributed by atoms with Crippen molar-refractivity contribution in [2.75, 3.05) is 6.61 Å². The summed E-state index contributed by atoms with van der Waals surface area (Å²) in [6, 6.07) is 4.64. The van der Waals surface area contributed by atoms with Crippen LogP contribution in [-0.2, 0) is 14.3 Å². The van der Waals surface area contributed by atoms with Crippen LogP contribution >= 0.6 is 0 Å². The number of carbonyl (C=O) groups is 3. The van der Waals surface area contributed by atoms with Gasteiger partial charge in [0.25, 0.3) is 0 Å². The molecule has 0 bridgehead atoms. The van der Waals surface area contributed by atoms with Gasteiger partial charge in [0.15, 0.2) is 11.6 Å². The number of allylic oxidation sites excluding steroid dienone is 4. The highest BCUT2D eigenvalue weighted by atomic mass is 16.5. The molecule has 170 valence electrons. The maximum absolute atomic E-state index is 13.4. The number of ketones is 2. The van der Waals surface area contributed by atoms with Crippen molar-refractivity contribution < 1.29 is 29.0 Å². The lowest BCUT2D eigenvalue weighted by Crippen LogP contribution is -2.37. The van der Waals surface area contributed by atoms with Gasteiger partial charge in [-0.1, -0.05) is 27.7 Å². The Morgan fingerprint density at radius 2 is 1.53 bits per heavy atom. The van der Waals surface area contributed by atoms with E-state index in [9.17, 15) is 19.5 Å². The summed E-state index contributed by atoms with van der Waals surface area (Å²) in [4.78, 5) is 38.5. The molecule has 1 N–H and O–H groups in total. The molecule has 0 amide bonds. The summed E-state index contributed by atoms with van der Waals surface area (Å²) >= 11 is 0. The van der Waals surface area contributed by atoms with Crippen LogP contribution < -0.4 is 4.74 Å².